The zero-order valence-electron chi connectivity index (χ0n) is 20.0. The lowest BCUT2D eigenvalue weighted by molar-refractivity contribution is 0.502. The van der Waals surface area contributed by atoms with Crippen LogP contribution in [0, 0.1) is 5.41 Å². The number of allylic oxidation sites excluding steroid dienone is 7. The van der Waals surface area contributed by atoms with Crippen LogP contribution in [-0.2, 0) is 6.42 Å². The van der Waals surface area contributed by atoms with Gasteiger partial charge in [0.05, 0.1) is 0 Å². The first-order chi connectivity index (χ1) is 14.9. The molecule has 0 saturated carbocycles. The van der Waals surface area contributed by atoms with E-state index in [2.05, 4.69) is 120 Å². The third-order valence-electron chi connectivity index (χ3n) is 5.90. The molecule has 0 fully saturated rings. The Hall–Kier alpha value is -2.86. The van der Waals surface area contributed by atoms with Gasteiger partial charge in [0, 0.05) is 5.41 Å². The summed E-state index contributed by atoms with van der Waals surface area (Å²) in [6.45, 7) is 19.7. The molecule has 31 heavy (non-hydrogen) atoms. The molecule has 0 amide bonds. The fourth-order valence-electron chi connectivity index (χ4n) is 4.01. The van der Waals surface area contributed by atoms with Crippen LogP contribution < -0.4 is 0 Å². The van der Waals surface area contributed by atoms with Crippen molar-refractivity contribution in [2.24, 2.45) is 5.41 Å². The van der Waals surface area contributed by atoms with E-state index in [1.165, 1.54) is 27.8 Å². The van der Waals surface area contributed by atoms with E-state index in [9.17, 15) is 0 Å². The molecule has 0 aliphatic rings. The summed E-state index contributed by atoms with van der Waals surface area (Å²) >= 11 is 0. The molecule has 0 saturated heterocycles. The van der Waals surface area contributed by atoms with Gasteiger partial charge in [-0.15, -0.1) is 0 Å². The predicted octanol–water partition coefficient (Wildman–Crippen LogP) is 9.12. The van der Waals surface area contributed by atoms with Gasteiger partial charge in [-0.2, -0.15) is 0 Å². The first kappa shape index (κ1) is 24.4. The van der Waals surface area contributed by atoms with E-state index in [0.29, 0.717) is 0 Å². The van der Waals surface area contributed by atoms with Crippen LogP contribution in [0.5, 0.6) is 0 Å². The molecular weight excluding hydrogens is 372 g/mol. The van der Waals surface area contributed by atoms with Crippen molar-refractivity contribution in [3.63, 3.8) is 0 Å². The van der Waals surface area contributed by atoms with Crippen molar-refractivity contribution in [2.45, 2.75) is 53.9 Å². The predicted molar refractivity (Wildman–Crippen MR) is 139 cm³/mol. The van der Waals surface area contributed by atoms with E-state index in [1.54, 1.807) is 0 Å². The number of rotatable bonds is 10. The first-order valence-electron chi connectivity index (χ1n) is 11.5. The molecule has 162 valence electrons. The van der Waals surface area contributed by atoms with Crippen LogP contribution in [0.2, 0.25) is 0 Å². The van der Waals surface area contributed by atoms with Gasteiger partial charge < -0.3 is 0 Å². The molecule has 0 heteroatoms. The van der Waals surface area contributed by atoms with Crippen LogP contribution in [0.15, 0.2) is 109 Å². The minimum absolute atomic E-state index is 0.140. The molecular formula is C31H38. The van der Waals surface area contributed by atoms with Gasteiger partial charge >= 0.3 is 0 Å². The van der Waals surface area contributed by atoms with Gasteiger partial charge in [-0.25, -0.2) is 0 Å². The summed E-state index contributed by atoms with van der Waals surface area (Å²) in [5.41, 5.74) is 8.36. The molecule has 0 radical (unpaired) electrons. The fraction of sp³-hybridized carbons (Fsp3) is 0.290. The summed E-state index contributed by atoms with van der Waals surface area (Å²) in [7, 11) is 0. The Kier molecular flexibility index (Phi) is 9.06. The second-order valence-corrected chi connectivity index (χ2v) is 8.41. The molecule has 2 aromatic carbocycles. The molecule has 1 atom stereocenters. The van der Waals surface area contributed by atoms with Crippen LogP contribution in [-0.4, -0.2) is 0 Å². The second kappa shape index (κ2) is 11.5. The normalized spacial score (nSPS) is 14.5. The third kappa shape index (κ3) is 6.07. The summed E-state index contributed by atoms with van der Waals surface area (Å²) in [5.74, 6) is 0. The highest BCUT2D eigenvalue weighted by Gasteiger charge is 2.30. The molecule has 0 nitrogen and oxygen atoms in total. The van der Waals surface area contributed by atoms with Crippen molar-refractivity contribution < 1.29 is 0 Å². The van der Waals surface area contributed by atoms with E-state index in [-0.39, 0.29) is 5.41 Å². The Labute approximate surface area is 190 Å². The number of benzene rings is 2. The van der Waals surface area contributed by atoms with E-state index >= 15 is 0 Å². The molecule has 0 spiro atoms. The Morgan fingerprint density at radius 3 is 2.13 bits per heavy atom. The molecule has 0 bridgehead atoms. The Bertz CT molecular complexity index is 982. The quantitative estimate of drug-likeness (QED) is 0.270. The number of hydrogen-bond acceptors (Lipinski definition) is 0. The van der Waals surface area contributed by atoms with Crippen LogP contribution in [0.4, 0.5) is 0 Å². The molecule has 0 N–H and O–H groups in total. The SMILES string of the molecule is C=C(C)/C=C/C(=C)/C(=C(\c1ccccc1)c1ccccc1CC)C(C)(C=CCC)CC. The van der Waals surface area contributed by atoms with Gasteiger partial charge in [0.1, 0.15) is 0 Å². The van der Waals surface area contributed by atoms with Gasteiger partial charge in [-0.05, 0) is 59.6 Å². The van der Waals surface area contributed by atoms with Crippen LogP contribution in [0.1, 0.15) is 64.2 Å². The van der Waals surface area contributed by atoms with Crippen molar-refractivity contribution in [1.82, 2.24) is 0 Å². The number of hydrogen-bond donors (Lipinski definition) is 0. The number of aryl methyl sites for hydroxylation is 1. The fourth-order valence-corrected chi connectivity index (χ4v) is 4.01. The van der Waals surface area contributed by atoms with E-state index in [0.717, 1.165) is 30.4 Å². The Morgan fingerprint density at radius 2 is 1.55 bits per heavy atom. The summed E-state index contributed by atoms with van der Waals surface area (Å²) in [5, 5.41) is 0. The molecule has 0 aliphatic carbocycles. The van der Waals surface area contributed by atoms with Crippen molar-refractivity contribution >= 4 is 5.57 Å². The topological polar surface area (TPSA) is 0 Å². The zero-order chi connectivity index (χ0) is 22.9. The summed E-state index contributed by atoms with van der Waals surface area (Å²) in [4.78, 5) is 0. The van der Waals surface area contributed by atoms with Gasteiger partial charge in [0.25, 0.3) is 0 Å². The Morgan fingerprint density at radius 1 is 0.903 bits per heavy atom. The monoisotopic (exact) mass is 410 g/mol. The van der Waals surface area contributed by atoms with E-state index in [1.807, 2.05) is 6.92 Å². The standard InChI is InChI=1S/C31H38/c1-8-11-23-31(7,10-3)30(25(6)22-21-24(4)5)29(27-18-13-12-14-19-27)28-20-16-15-17-26(28)9-2/h11-23H,4,6,8-10H2,1-3,5,7H3/b22-21+,23-11?,30-29-. The molecule has 0 heterocycles. The van der Waals surface area contributed by atoms with Crippen molar-refractivity contribution in [1.29, 1.82) is 0 Å². The maximum Gasteiger partial charge on any atom is 0.0113 e. The lowest BCUT2D eigenvalue weighted by Gasteiger charge is -2.33. The maximum atomic E-state index is 4.56. The lowest BCUT2D eigenvalue weighted by Crippen LogP contribution is -2.19. The molecule has 1 unspecified atom stereocenters. The molecule has 0 aliphatic heterocycles. The maximum absolute atomic E-state index is 4.56. The molecule has 0 aromatic heterocycles. The first-order valence-corrected chi connectivity index (χ1v) is 11.5. The van der Waals surface area contributed by atoms with Gasteiger partial charge in [0.2, 0.25) is 0 Å². The van der Waals surface area contributed by atoms with Gasteiger partial charge in [0.15, 0.2) is 0 Å². The minimum atomic E-state index is -0.140. The lowest BCUT2D eigenvalue weighted by atomic mass is 9.71. The van der Waals surface area contributed by atoms with E-state index in [4.69, 9.17) is 0 Å². The second-order valence-electron chi connectivity index (χ2n) is 8.41. The van der Waals surface area contributed by atoms with Gasteiger partial charge in [-0.3, -0.25) is 0 Å². The average Bonchev–Trinajstić information content (AvgIpc) is 2.80. The largest absolute Gasteiger partial charge is 0.0961 e. The highest BCUT2D eigenvalue weighted by Crippen LogP contribution is 2.45. The highest BCUT2D eigenvalue weighted by atomic mass is 14.3. The average molecular weight is 411 g/mol. The van der Waals surface area contributed by atoms with Gasteiger partial charge in [-0.1, -0.05) is 125 Å². The van der Waals surface area contributed by atoms with Crippen molar-refractivity contribution in [3.05, 3.63) is 125 Å². The molecule has 2 rings (SSSR count). The van der Waals surface area contributed by atoms with Crippen LogP contribution >= 0.6 is 0 Å². The molecule has 2 aromatic rings. The smallest absolute Gasteiger partial charge is 0.0113 e. The van der Waals surface area contributed by atoms with Crippen LogP contribution in [0.25, 0.3) is 5.57 Å². The minimum Gasteiger partial charge on any atom is -0.0961 e. The Balaban J connectivity index is 3.01. The summed E-state index contributed by atoms with van der Waals surface area (Å²) in [6, 6.07) is 19.6. The zero-order valence-corrected chi connectivity index (χ0v) is 20.0. The van der Waals surface area contributed by atoms with Crippen LogP contribution in [0.3, 0.4) is 0 Å². The summed E-state index contributed by atoms with van der Waals surface area (Å²) in [6.07, 6.45) is 11.8. The third-order valence-corrected chi connectivity index (χ3v) is 5.90. The summed E-state index contributed by atoms with van der Waals surface area (Å²) < 4.78 is 0. The van der Waals surface area contributed by atoms with Crippen molar-refractivity contribution in [3.8, 4) is 0 Å². The van der Waals surface area contributed by atoms with E-state index < -0.39 is 0 Å². The highest BCUT2D eigenvalue weighted by molar-refractivity contribution is 5.87. The van der Waals surface area contributed by atoms with Crippen molar-refractivity contribution in [2.75, 3.05) is 0 Å².